The molecule has 168 valence electrons. The van der Waals surface area contributed by atoms with E-state index in [4.69, 9.17) is 16.0 Å². The summed E-state index contributed by atoms with van der Waals surface area (Å²) in [6.45, 7) is 0. The number of hydrogen-bond acceptors (Lipinski definition) is 9. The van der Waals surface area contributed by atoms with E-state index in [1.54, 1.807) is 12.1 Å². The zero-order chi connectivity index (χ0) is 23.8. The fourth-order valence-corrected chi connectivity index (χ4v) is 4.33. The second kappa shape index (κ2) is 8.89. The molecule has 4 rings (SSSR count). The Kier molecular flexibility index (Phi) is 6.15. The molecule has 0 aliphatic carbocycles. The van der Waals surface area contributed by atoms with Crippen LogP contribution in [0.2, 0.25) is 5.02 Å². The van der Waals surface area contributed by atoms with Crippen LogP contribution in [0.3, 0.4) is 0 Å². The van der Waals surface area contributed by atoms with E-state index in [2.05, 4.69) is 19.9 Å². The monoisotopic (exact) mass is 506 g/mol. The third-order valence-electron chi connectivity index (χ3n) is 4.12. The lowest BCUT2D eigenvalue weighted by molar-refractivity contribution is 0.0684. The number of aromatic carboxylic acids is 1. The molecule has 3 heterocycles. The Balaban J connectivity index is 1.88. The van der Waals surface area contributed by atoms with Gasteiger partial charge in [-0.3, -0.25) is 0 Å². The van der Waals surface area contributed by atoms with Crippen LogP contribution in [0.25, 0.3) is 22.8 Å². The molecule has 0 bridgehead atoms. The maximum atomic E-state index is 13.3. The van der Waals surface area contributed by atoms with Crippen molar-refractivity contribution in [3.63, 3.8) is 0 Å². The van der Waals surface area contributed by atoms with Crippen molar-refractivity contribution >= 4 is 39.2 Å². The summed E-state index contributed by atoms with van der Waals surface area (Å²) in [5.74, 6) is -1.88. The zero-order valence-corrected chi connectivity index (χ0v) is 18.9. The Bertz CT molecular complexity index is 1460. The quantitative estimate of drug-likeness (QED) is 0.404. The number of carboxylic acid groups (broad SMARTS) is 1. The molecule has 0 saturated carbocycles. The van der Waals surface area contributed by atoms with Gasteiger partial charge in [-0.2, -0.15) is 0 Å². The largest absolute Gasteiger partial charge is 0.476 e. The van der Waals surface area contributed by atoms with E-state index in [9.17, 15) is 22.7 Å². The lowest BCUT2D eigenvalue weighted by atomic mass is 10.2. The van der Waals surface area contributed by atoms with Gasteiger partial charge in [0.25, 0.3) is 0 Å². The molecule has 0 radical (unpaired) electrons. The number of rotatable bonds is 6. The van der Waals surface area contributed by atoms with Gasteiger partial charge in [0.1, 0.15) is 22.2 Å². The van der Waals surface area contributed by atoms with Gasteiger partial charge in [0, 0.05) is 18.0 Å². The summed E-state index contributed by atoms with van der Waals surface area (Å²) in [6.07, 6.45) is 3.35. The predicted octanol–water partition coefficient (Wildman–Crippen LogP) is 4.24. The highest BCUT2D eigenvalue weighted by molar-refractivity contribution is 7.99. The fourth-order valence-electron chi connectivity index (χ4n) is 2.66. The minimum atomic E-state index is -4.02. The summed E-state index contributed by atoms with van der Waals surface area (Å²) >= 11 is 6.93. The van der Waals surface area contributed by atoms with Crippen molar-refractivity contribution in [2.75, 3.05) is 6.26 Å². The lowest BCUT2D eigenvalue weighted by Gasteiger charge is -2.05. The molecule has 4 aromatic rings. The smallest absolute Gasteiger partial charge is 0.357 e. The van der Waals surface area contributed by atoms with Gasteiger partial charge in [-0.25, -0.2) is 37.5 Å². The van der Waals surface area contributed by atoms with Crippen molar-refractivity contribution in [2.45, 2.75) is 15.1 Å². The van der Waals surface area contributed by atoms with Gasteiger partial charge in [-0.1, -0.05) is 11.6 Å². The van der Waals surface area contributed by atoms with Crippen LogP contribution < -0.4 is 0 Å². The standard InChI is InChI=1S/C20H12ClFN4O5S2/c1-33(29,30)18-16(19(27)28)24-9-13(25-18)15-20(32-14-7-4-11(21)8-23-14)31-17(26-15)10-2-5-12(22)6-3-10/h2-9H,1H3,(H,27,28). The minimum Gasteiger partial charge on any atom is -0.476 e. The molecule has 1 aromatic carbocycles. The first kappa shape index (κ1) is 22.8. The highest BCUT2D eigenvalue weighted by atomic mass is 35.5. The molecule has 0 unspecified atom stereocenters. The zero-order valence-electron chi connectivity index (χ0n) is 16.6. The van der Waals surface area contributed by atoms with E-state index in [0.717, 1.165) is 24.2 Å². The average Bonchev–Trinajstić information content (AvgIpc) is 3.18. The van der Waals surface area contributed by atoms with E-state index in [-0.39, 0.29) is 22.4 Å². The first-order valence-corrected chi connectivity index (χ1v) is 12.1. The molecule has 0 aliphatic heterocycles. The van der Waals surface area contributed by atoms with Gasteiger partial charge >= 0.3 is 5.97 Å². The van der Waals surface area contributed by atoms with Crippen LogP contribution in [0, 0.1) is 5.82 Å². The van der Waals surface area contributed by atoms with Crippen LogP contribution in [0.5, 0.6) is 0 Å². The van der Waals surface area contributed by atoms with Crippen molar-refractivity contribution in [1.82, 2.24) is 19.9 Å². The van der Waals surface area contributed by atoms with E-state index in [1.165, 1.54) is 30.5 Å². The van der Waals surface area contributed by atoms with Crippen LogP contribution >= 0.6 is 23.4 Å². The van der Waals surface area contributed by atoms with Crippen molar-refractivity contribution in [3.05, 3.63) is 65.3 Å². The van der Waals surface area contributed by atoms with E-state index in [1.807, 2.05) is 0 Å². The summed E-state index contributed by atoms with van der Waals surface area (Å²) < 4.78 is 43.5. The molecular weight excluding hydrogens is 495 g/mol. The number of oxazole rings is 1. The van der Waals surface area contributed by atoms with Crippen LogP contribution in [0.1, 0.15) is 10.5 Å². The number of carbonyl (C=O) groups is 1. The van der Waals surface area contributed by atoms with E-state index < -0.39 is 32.3 Å². The molecule has 0 aliphatic rings. The SMILES string of the molecule is CS(=O)(=O)c1nc(-c2nc(-c3ccc(F)cc3)oc2Sc2ccc(Cl)cn2)cnc1C(=O)O. The third-order valence-corrected chi connectivity index (χ3v) is 6.25. The molecule has 0 saturated heterocycles. The fraction of sp³-hybridized carbons (Fsp3) is 0.0500. The summed E-state index contributed by atoms with van der Waals surface area (Å²) in [7, 11) is -4.02. The van der Waals surface area contributed by atoms with Crippen molar-refractivity contribution < 1.29 is 27.1 Å². The second-order valence-electron chi connectivity index (χ2n) is 6.57. The Morgan fingerprint density at radius 2 is 1.82 bits per heavy atom. The van der Waals surface area contributed by atoms with Crippen molar-refractivity contribution in [1.29, 1.82) is 0 Å². The topological polar surface area (TPSA) is 136 Å². The maximum Gasteiger partial charge on any atom is 0.357 e. The van der Waals surface area contributed by atoms with Crippen LogP contribution in [-0.2, 0) is 9.84 Å². The summed E-state index contributed by atoms with van der Waals surface area (Å²) in [6, 6.07) is 8.64. The molecule has 0 fully saturated rings. The van der Waals surface area contributed by atoms with Gasteiger partial charge in [0.2, 0.25) is 5.89 Å². The number of sulfone groups is 1. The molecular formula is C20H12ClFN4O5S2. The molecule has 0 atom stereocenters. The normalized spacial score (nSPS) is 11.5. The maximum absolute atomic E-state index is 13.3. The second-order valence-corrected chi connectivity index (χ2v) is 9.93. The van der Waals surface area contributed by atoms with Crippen LogP contribution in [0.15, 0.2) is 68.4 Å². The molecule has 0 spiro atoms. The number of halogens is 2. The number of nitrogens with zero attached hydrogens (tertiary/aromatic N) is 4. The van der Waals surface area contributed by atoms with Gasteiger partial charge in [-0.05, 0) is 48.2 Å². The van der Waals surface area contributed by atoms with Gasteiger partial charge in [0.05, 0.1) is 11.2 Å². The number of aromatic nitrogens is 4. The molecule has 0 amide bonds. The highest BCUT2D eigenvalue weighted by Crippen LogP contribution is 2.38. The first-order chi connectivity index (χ1) is 15.6. The molecule has 1 N–H and O–H groups in total. The summed E-state index contributed by atoms with van der Waals surface area (Å²) in [4.78, 5) is 27.7. The van der Waals surface area contributed by atoms with Gasteiger partial charge < -0.3 is 9.52 Å². The minimum absolute atomic E-state index is 0.0333. The van der Waals surface area contributed by atoms with Crippen LogP contribution in [-0.4, -0.2) is 45.7 Å². The van der Waals surface area contributed by atoms with E-state index in [0.29, 0.717) is 15.6 Å². The molecule has 33 heavy (non-hydrogen) atoms. The molecule has 9 nitrogen and oxygen atoms in total. The predicted molar refractivity (Wildman–Crippen MR) is 116 cm³/mol. The Morgan fingerprint density at radius 3 is 2.42 bits per heavy atom. The Morgan fingerprint density at radius 1 is 1.09 bits per heavy atom. The lowest BCUT2D eigenvalue weighted by Crippen LogP contribution is -2.13. The van der Waals surface area contributed by atoms with Crippen LogP contribution in [0.4, 0.5) is 4.39 Å². The van der Waals surface area contributed by atoms with Crippen molar-refractivity contribution in [2.24, 2.45) is 0 Å². The van der Waals surface area contributed by atoms with Gasteiger partial charge in [-0.15, -0.1) is 0 Å². The molecule has 13 heteroatoms. The first-order valence-electron chi connectivity index (χ1n) is 8.99. The summed E-state index contributed by atoms with van der Waals surface area (Å²) in [5.41, 5.74) is -0.191. The van der Waals surface area contributed by atoms with E-state index >= 15 is 0 Å². The molecule has 3 aromatic heterocycles. The number of hydrogen-bond donors (Lipinski definition) is 1. The third kappa shape index (κ3) is 5.02. The Labute approximate surface area is 195 Å². The number of carboxylic acids is 1. The average molecular weight is 507 g/mol. The number of pyridine rings is 1. The van der Waals surface area contributed by atoms with Crippen molar-refractivity contribution in [3.8, 4) is 22.8 Å². The van der Waals surface area contributed by atoms with Gasteiger partial charge in [0.15, 0.2) is 25.6 Å². The summed E-state index contributed by atoms with van der Waals surface area (Å²) in [5, 5.41) is 9.67. The highest BCUT2D eigenvalue weighted by Gasteiger charge is 2.26. The Hall–Kier alpha value is -3.35. The number of benzene rings is 1.